The van der Waals surface area contributed by atoms with Gasteiger partial charge in [0.05, 0.1) is 0 Å². The first-order chi connectivity index (χ1) is 12.7. The second kappa shape index (κ2) is 7.50. The largest absolute Gasteiger partial charge is 0.369 e. The summed E-state index contributed by atoms with van der Waals surface area (Å²) in [6.07, 6.45) is 4.12. The number of aryl methyl sites for hydroxylation is 2. The van der Waals surface area contributed by atoms with Crippen molar-refractivity contribution in [1.29, 1.82) is 0 Å². The fraction of sp³-hybridized carbons (Fsp3) is 0.364. The Kier molecular flexibility index (Phi) is 4.93. The summed E-state index contributed by atoms with van der Waals surface area (Å²) in [7, 11) is 0. The van der Waals surface area contributed by atoms with Crippen LogP contribution >= 0.6 is 0 Å². The monoisotopic (exact) mass is 351 g/mol. The Bertz CT molecular complexity index is 861. The van der Waals surface area contributed by atoms with Crippen molar-refractivity contribution < 1.29 is 4.39 Å². The third-order valence-electron chi connectivity index (χ3n) is 5.42. The van der Waals surface area contributed by atoms with E-state index in [1.54, 1.807) is 6.07 Å². The van der Waals surface area contributed by atoms with E-state index in [4.69, 9.17) is 0 Å². The number of halogens is 1. The lowest BCUT2D eigenvalue weighted by atomic mass is 10.1. The summed E-state index contributed by atoms with van der Waals surface area (Å²) in [5.74, 6) is -0.162. The molecule has 1 saturated heterocycles. The summed E-state index contributed by atoms with van der Waals surface area (Å²) in [5.41, 5.74) is 4.88. The molecule has 1 N–H and O–H groups in total. The van der Waals surface area contributed by atoms with E-state index in [1.165, 1.54) is 22.9 Å². The molecule has 4 rings (SSSR count). The number of nitrogens with one attached hydrogen (secondary N) is 1. The zero-order valence-corrected chi connectivity index (χ0v) is 15.3. The van der Waals surface area contributed by atoms with Gasteiger partial charge >= 0.3 is 0 Å². The van der Waals surface area contributed by atoms with Crippen LogP contribution in [-0.2, 0) is 6.42 Å². The van der Waals surface area contributed by atoms with Gasteiger partial charge in [-0.05, 0) is 62.2 Å². The maximum Gasteiger partial charge on any atom is 0.123 e. The topological polar surface area (TPSA) is 22.3 Å². The maximum atomic E-state index is 13.5. The minimum Gasteiger partial charge on any atom is -0.369 e. The molecule has 3 nitrogen and oxygen atoms in total. The van der Waals surface area contributed by atoms with Crippen LogP contribution in [-0.4, -0.2) is 42.6 Å². The van der Waals surface area contributed by atoms with E-state index in [0.717, 1.165) is 56.5 Å². The zero-order chi connectivity index (χ0) is 17.9. The van der Waals surface area contributed by atoms with Crippen molar-refractivity contribution in [2.45, 2.75) is 19.8 Å². The predicted octanol–water partition coefficient (Wildman–Crippen LogP) is 4.37. The van der Waals surface area contributed by atoms with Crippen LogP contribution in [0.5, 0.6) is 0 Å². The molecule has 0 radical (unpaired) electrons. The van der Waals surface area contributed by atoms with Crippen molar-refractivity contribution in [3.63, 3.8) is 0 Å². The molecular formula is C22H26FN3. The molecule has 1 fully saturated rings. The first-order valence-electron chi connectivity index (χ1n) is 9.48. The van der Waals surface area contributed by atoms with Crippen LogP contribution in [0, 0.1) is 12.7 Å². The highest BCUT2D eigenvalue weighted by Gasteiger charge is 2.17. The molecule has 1 aliphatic rings. The average molecular weight is 351 g/mol. The Hall–Kier alpha value is -2.33. The standard InChI is InChI=1S/C22H26FN3/c1-17-4-7-20(8-5-17)26-13-11-25(12-14-26)10-2-3-18-16-24-22-9-6-19(23)15-21(18)22/h4-9,15-16,24H,2-3,10-14H2,1H3. The molecule has 0 atom stereocenters. The SMILES string of the molecule is Cc1ccc(N2CCN(CCCc3c[nH]c4ccc(F)cc34)CC2)cc1. The van der Waals surface area contributed by atoms with Crippen molar-refractivity contribution >= 4 is 16.6 Å². The maximum absolute atomic E-state index is 13.5. The number of aromatic amines is 1. The van der Waals surface area contributed by atoms with Crippen LogP contribution in [0.1, 0.15) is 17.5 Å². The van der Waals surface area contributed by atoms with Gasteiger partial charge in [-0.1, -0.05) is 17.7 Å². The Morgan fingerprint density at radius 1 is 1.00 bits per heavy atom. The number of anilines is 1. The molecule has 136 valence electrons. The summed E-state index contributed by atoms with van der Waals surface area (Å²) in [6.45, 7) is 7.61. The van der Waals surface area contributed by atoms with Gasteiger partial charge in [0.1, 0.15) is 5.82 Å². The minimum absolute atomic E-state index is 0.162. The Balaban J connectivity index is 1.27. The van der Waals surface area contributed by atoms with E-state index in [2.05, 4.69) is 46.0 Å². The van der Waals surface area contributed by atoms with Gasteiger partial charge in [-0.2, -0.15) is 0 Å². The molecule has 0 unspecified atom stereocenters. The van der Waals surface area contributed by atoms with E-state index in [0.29, 0.717) is 0 Å². The quantitative estimate of drug-likeness (QED) is 0.737. The number of piperazine rings is 1. The van der Waals surface area contributed by atoms with Gasteiger partial charge in [-0.3, -0.25) is 4.90 Å². The van der Waals surface area contributed by atoms with Crippen LogP contribution < -0.4 is 4.90 Å². The van der Waals surface area contributed by atoms with Crippen molar-refractivity contribution in [2.24, 2.45) is 0 Å². The molecule has 0 saturated carbocycles. The molecule has 1 aliphatic heterocycles. The number of benzene rings is 2. The highest BCUT2D eigenvalue weighted by molar-refractivity contribution is 5.83. The van der Waals surface area contributed by atoms with Gasteiger partial charge < -0.3 is 9.88 Å². The van der Waals surface area contributed by atoms with Crippen LogP contribution in [0.25, 0.3) is 10.9 Å². The van der Waals surface area contributed by atoms with Gasteiger partial charge in [0, 0.05) is 49.0 Å². The van der Waals surface area contributed by atoms with Gasteiger partial charge in [0.15, 0.2) is 0 Å². The molecule has 0 amide bonds. The number of aromatic nitrogens is 1. The molecule has 0 aliphatic carbocycles. The first-order valence-corrected chi connectivity index (χ1v) is 9.48. The molecule has 1 aromatic heterocycles. The third kappa shape index (κ3) is 3.75. The van der Waals surface area contributed by atoms with Gasteiger partial charge in [0.2, 0.25) is 0 Å². The van der Waals surface area contributed by atoms with E-state index in [-0.39, 0.29) is 5.82 Å². The smallest absolute Gasteiger partial charge is 0.123 e. The zero-order valence-electron chi connectivity index (χ0n) is 15.3. The van der Waals surface area contributed by atoms with Crippen LogP contribution in [0.15, 0.2) is 48.7 Å². The van der Waals surface area contributed by atoms with Gasteiger partial charge in [0.25, 0.3) is 0 Å². The van der Waals surface area contributed by atoms with Crippen LogP contribution in [0.2, 0.25) is 0 Å². The molecule has 3 aromatic rings. The summed E-state index contributed by atoms with van der Waals surface area (Å²) < 4.78 is 13.5. The Morgan fingerprint density at radius 2 is 1.77 bits per heavy atom. The second-order valence-electron chi connectivity index (χ2n) is 7.27. The Labute approximate surface area is 154 Å². The van der Waals surface area contributed by atoms with Crippen LogP contribution in [0.4, 0.5) is 10.1 Å². The number of nitrogens with zero attached hydrogens (tertiary/aromatic N) is 2. The first kappa shape index (κ1) is 17.1. The second-order valence-corrected chi connectivity index (χ2v) is 7.27. The highest BCUT2D eigenvalue weighted by atomic mass is 19.1. The van der Waals surface area contributed by atoms with E-state index >= 15 is 0 Å². The number of hydrogen-bond donors (Lipinski definition) is 1. The highest BCUT2D eigenvalue weighted by Crippen LogP contribution is 2.21. The number of fused-ring (bicyclic) bond motifs is 1. The number of hydrogen-bond acceptors (Lipinski definition) is 2. The lowest BCUT2D eigenvalue weighted by molar-refractivity contribution is 0.255. The molecule has 0 bridgehead atoms. The number of H-pyrrole nitrogens is 1. The number of rotatable bonds is 5. The normalized spacial score (nSPS) is 15.7. The van der Waals surface area contributed by atoms with E-state index < -0.39 is 0 Å². The van der Waals surface area contributed by atoms with Crippen LogP contribution in [0.3, 0.4) is 0 Å². The summed E-state index contributed by atoms with van der Waals surface area (Å²) in [4.78, 5) is 8.26. The summed E-state index contributed by atoms with van der Waals surface area (Å²) in [5, 5.41) is 1.02. The van der Waals surface area contributed by atoms with E-state index in [9.17, 15) is 4.39 Å². The molecule has 4 heteroatoms. The van der Waals surface area contributed by atoms with E-state index in [1.807, 2.05) is 12.3 Å². The van der Waals surface area contributed by atoms with Crippen molar-refractivity contribution in [2.75, 3.05) is 37.6 Å². The summed E-state index contributed by atoms with van der Waals surface area (Å²) >= 11 is 0. The van der Waals surface area contributed by atoms with Gasteiger partial charge in [-0.25, -0.2) is 4.39 Å². The summed E-state index contributed by atoms with van der Waals surface area (Å²) in [6, 6.07) is 13.8. The van der Waals surface area contributed by atoms with Crippen molar-refractivity contribution in [1.82, 2.24) is 9.88 Å². The molecular weight excluding hydrogens is 325 g/mol. The average Bonchev–Trinajstić information content (AvgIpc) is 3.05. The fourth-order valence-electron chi connectivity index (χ4n) is 3.84. The molecule has 26 heavy (non-hydrogen) atoms. The van der Waals surface area contributed by atoms with Gasteiger partial charge in [-0.15, -0.1) is 0 Å². The molecule has 2 heterocycles. The predicted molar refractivity (Wildman–Crippen MR) is 106 cm³/mol. The Morgan fingerprint density at radius 3 is 2.54 bits per heavy atom. The third-order valence-corrected chi connectivity index (χ3v) is 5.42. The van der Waals surface area contributed by atoms with Crippen molar-refractivity contribution in [3.8, 4) is 0 Å². The lowest BCUT2D eigenvalue weighted by Gasteiger charge is -2.36. The fourth-order valence-corrected chi connectivity index (χ4v) is 3.84. The molecule has 2 aromatic carbocycles. The minimum atomic E-state index is -0.162. The van der Waals surface area contributed by atoms with Crippen molar-refractivity contribution in [3.05, 3.63) is 65.6 Å². The molecule has 0 spiro atoms. The lowest BCUT2D eigenvalue weighted by Crippen LogP contribution is -2.46.